The zero-order valence-electron chi connectivity index (χ0n) is 16.8. The molecule has 1 saturated carbocycles. The van der Waals surface area contributed by atoms with Crippen molar-refractivity contribution in [1.82, 2.24) is 9.97 Å². The lowest BCUT2D eigenvalue weighted by Gasteiger charge is -2.37. The predicted molar refractivity (Wildman–Crippen MR) is 103 cm³/mol. The Morgan fingerprint density at radius 1 is 1.16 bits per heavy atom. The second-order valence-electron chi connectivity index (χ2n) is 7.31. The predicted octanol–water partition coefficient (Wildman–Crippen LogP) is 4.39. The van der Waals surface area contributed by atoms with E-state index in [1.54, 1.807) is 13.1 Å². The Bertz CT molecular complexity index is 946. The van der Waals surface area contributed by atoms with E-state index >= 15 is 0 Å². The molecular formula is C20H21F5N4O2. The van der Waals surface area contributed by atoms with Crippen molar-refractivity contribution in [2.75, 3.05) is 17.3 Å². The Balaban J connectivity index is 1.74. The van der Waals surface area contributed by atoms with Crippen LogP contribution in [-0.4, -0.2) is 41.2 Å². The Morgan fingerprint density at radius 3 is 2.42 bits per heavy atom. The van der Waals surface area contributed by atoms with E-state index in [0.717, 1.165) is 11.6 Å². The van der Waals surface area contributed by atoms with Crippen LogP contribution in [0.25, 0.3) is 0 Å². The van der Waals surface area contributed by atoms with E-state index in [2.05, 4.69) is 15.3 Å². The second kappa shape index (κ2) is 9.03. The van der Waals surface area contributed by atoms with Crippen LogP contribution in [-0.2, 0) is 4.79 Å². The van der Waals surface area contributed by atoms with E-state index in [0.29, 0.717) is 41.7 Å². The van der Waals surface area contributed by atoms with Crippen molar-refractivity contribution < 1.29 is 31.5 Å². The molecule has 168 valence electrons. The molecule has 0 saturated heterocycles. The number of aryl methyl sites for hydroxylation is 1. The van der Waals surface area contributed by atoms with E-state index < -0.39 is 29.8 Å². The lowest BCUT2D eigenvalue weighted by molar-refractivity contribution is -0.171. The van der Waals surface area contributed by atoms with Gasteiger partial charge in [0.2, 0.25) is 11.8 Å². The first-order chi connectivity index (χ1) is 14.6. The lowest BCUT2D eigenvalue weighted by atomic mass is 9.89. The van der Waals surface area contributed by atoms with E-state index in [4.69, 9.17) is 4.74 Å². The highest BCUT2D eigenvalue weighted by atomic mass is 19.4. The minimum absolute atomic E-state index is 0.128. The highest BCUT2D eigenvalue weighted by Crippen LogP contribution is 2.33. The molecule has 1 aliphatic carbocycles. The molecule has 0 spiro atoms. The molecule has 0 aliphatic heterocycles. The molecule has 0 unspecified atom stereocenters. The van der Waals surface area contributed by atoms with Gasteiger partial charge in [0.25, 0.3) is 0 Å². The maximum Gasteiger partial charge on any atom is 0.471 e. The highest BCUT2D eigenvalue weighted by molar-refractivity contribution is 5.97. The van der Waals surface area contributed by atoms with Crippen molar-refractivity contribution in [3.8, 4) is 5.88 Å². The van der Waals surface area contributed by atoms with Gasteiger partial charge < -0.3 is 15.0 Å². The van der Waals surface area contributed by atoms with Crippen molar-refractivity contribution in [1.29, 1.82) is 0 Å². The molecule has 2 aromatic rings. The van der Waals surface area contributed by atoms with E-state index in [9.17, 15) is 26.7 Å². The number of halogens is 5. The largest absolute Gasteiger partial charge is 0.481 e. The number of amides is 1. The third-order valence-corrected chi connectivity index (χ3v) is 5.16. The number of aromatic nitrogens is 2. The Kier molecular flexibility index (Phi) is 6.61. The van der Waals surface area contributed by atoms with Crippen molar-refractivity contribution in [3.63, 3.8) is 0 Å². The quantitative estimate of drug-likeness (QED) is 0.693. The van der Waals surface area contributed by atoms with Gasteiger partial charge in [-0.15, -0.1) is 0 Å². The molecule has 0 bridgehead atoms. The topological polar surface area (TPSA) is 67.3 Å². The number of hydrogen-bond acceptors (Lipinski definition) is 5. The van der Waals surface area contributed by atoms with Gasteiger partial charge in [0.05, 0.1) is 7.11 Å². The summed E-state index contributed by atoms with van der Waals surface area (Å²) in [6.07, 6.45) is -2.26. The van der Waals surface area contributed by atoms with Crippen molar-refractivity contribution in [2.45, 2.75) is 50.9 Å². The molecular weight excluding hydrogens is 423 g/mol. The standard InChI is InChI=1S/C20H21F5N4O2/c1-11-10-26-19(28-17(11)31-2)27-12-3-5-13(6-4-12)29(18(30)20(23,24)25)14-7-8-15(21)16(22)9-14/h7-10,12-13H,3-6H2,1-2H3,(H,26,27,28). The lowest BCUT2D eigenvalue weighted by Crippen LogP contribution is -2.49. The van der Waals surface area contributed by atoms with Crippen LogP contribution in [0.1, 0.15) is 31.2 Å². The van der Waals surface area contributed by atoms with E-state index in [1.807, 2.05) is 0 Å². The summed E-state index contributed by atoms with van der Waals surface area (Å²) < 4.78 is 71.6. The number of methoxy groups -OCH3 is 1. The van der Waals surface area contributed by atoms with Gasteiger partial charge >= 0.3 is 12.1 Å². The zero-order chi connectivity index (χ0) is 22.8. The smallest absolute Gasteiger partial charge is 0.471 e. The number of ether oxygens (including phenoxy) is 1. The monoisotopic (exact) mass is 444 g/mol. The molecule has 1 aliphatic rings. The van der Waals surface area contributed by atoms with Gasteiger partial charge in [-0.2, -0.15) is 18.2 Å². The molecule has 0 radical (unpaired) electrons. The molecule has 1 aromatic heterocycles. The van der Waals surface area contributed by atoms with Crippen LogP contribution in [0.2, 0.25) is 0 Å². The third kappa shape index (κ3) is 5.20. The maximum absolute atomic E-state index is 13.6. The van der Waals surface area contributed by atoms with E-state index in [-0.39, 0.29) is 24.6 Å². The Hall–Kier alpha value is -2.98. The average molecular weight is 444 g/mol. The van der Waals surface area contributed by atoms with Crippen LogP contribution in [0.5, 0.6) is 5.88 Å². The first-order valence-corrected chi connectivity index (χ1v) is 9.59. The number of anilines is 2. The van der Waals surface area contributed by atoms with Crippen LogP contribution >= 0.6 is 0 Å². The fraction of sp³-hybridized carbons (Fsp3) is 0.450. The first-order valence-electron chi connectivity index (χ1n) is 9.59. The number of alkyl halides is 3. The summed E-state index contributed by atoms with van der Waals surface area (Å²) in [6, 6.07) is 1.34. The van der Waals surface area contributed by atoms with Crippen molar-refractivity contribution in [3.05, 3.63) is 41.6 Å². The Labute approximate surface area is 175 Å². The normalized spacial score (nSPS) is 19.1. The fourth-order valence-electron chi connectivity index (χ4n) is 3.63. The van der Waals surface area contributed by atoms with Crippen molar-refractivity contribution >= 4 is 17.5 Å². The number of nitrogens with one attached hydrogen (secondary N) is 1. The van der Waals surface area contributed by atoms with E-state index in [1.165, 1.54) is 7.11 Å². The van der Waals surface area contributed by atoms with Crippen LogP contribution < -0.4 is 15.0 Å². The molecule has 1 aromatic carbocycles. The number of hydrogen-bond donors (Lipinski definition) is 1. The summed E-state index contributed by atoms with van der Waals surface area (Å²) in [5.74, 6) is -3.90. The number of carbonyl (C=O) groups is 1. The zero-order valence-corrected chi connectivity index (χ0v) is 16.8. The number of rotatable bonds is 5. The van der Waals surface area contributed by atoms with Gasteiger partial charge in [0.1, 0.15) is 0 Å². The summed E-state index contributed by atoms with van der Waals surface area (Å²) in [4.78, 5) is 21.0. The van der Waals surface area contributed by atoms with Crippen LogP contribution in [0, 0.1) is 18.6 Å². The molecule has 11 heteroatoms. The van der Waals surface area contributed by atoms with Gasteiger partial charge in [-0.05, 0) is 44.7 Å². The molecule has 1 amide bonds. The average Bonchev–Trinajstić information content (AvgIpc) is 2.72. The summed E-state index contributed by atoms with van der Waals surface area (Å²) in [6.45, 7) is 1.79. The van der Waals surface area contributed by atoms with Gasteiger partial charge in [-0.3, -0.25) is 4.79 Å². The summed E-state index contributed by atoms with van der Waals surface area (Å²) in [5.41, 5.74) is 0.425. The van der Waals surface area contributed by atoms with Crippen LogP contribution in [0.15, 0.2) is 24.4 Å². The summed E-state index contributed by atoms with van der Waals surface area (Å²) >= 11 is 0. The molecule has 1 fully saturated rings. The number of nitrogens with zero attached hydrogens (tertiary/aromatic N) is 3. The summed E-state index contributed by atoms with van der Waals surface area (Å²) in [7, 11) is 1.48. The van der Waals surface area contributed by atoms with Crippen molar-refractivity contribution in [2.24, 2.45) is 0 Å². The second-order valence-corrected chi connectivity index (χ2v) is 7.31. The third-order valence-electron chi connectivity index (χ3n) is 5.16. The van der Waals surface area contributed by atoms with Gasteiger partial charge in [0, 0.05) is 35.6 Å². The molecule has 6 nitrogen and oxygen atoms in total. The SMILES string of the molecule is COc1nc(NC2CCC(N(C(=O)C(F)(F)F)c3ccc(F)c(F)c3)CC2)ncc1C. The van der Waals surface area contributed by atoms with Crippen LogP contribution in [0.4, 0.5) is 33.6 Å². The highest BCUT2D eigenvalue weighted by Gasteiger charge is 2.46. The van der Waals surface area contributed by atoms with Crippen LogP contribution in [0.3, 0.4) is 0 Å². The summed E-state index contributed by atoms with van der Waals surface area (Å²) in [5, 5.41) is 3.12. The number of carbonyl (C=O) groups excluding carboxylic acids is 1. The minimum atomic E-state index is -5.15. The van der Waals surface area contributed by atoms with Gasteiger partial charge in [-0.1, -0.05) is 0 Å². The van der Waals surface area contributed by atoms with Gasteiger partial charge in [-0.25, -0.2) is 13.8 Å². The molecule has 31 heavy (non-hydrogen) atoms. The molecule has 1 N–H and O–H groups in total. The maximum atomic E-state index is 13.6. The molecule has 0 atom stereocenters. The molecule has 3 rings (SSSR count). The van der Waals surface area contributed by atoms with Gasteiger partial charge in [0.15, 0.2) is 11.6 Å². The Morgan fingerprint density at radius 2 is 1.84 bits per heavy atom. The molecule has 1 heterocycles. The minimum Gasteiger partial charge on any atom is -0.481 e. The first kappa shape index (κ1) is 22.7. The number of benzene rings is 1. The fourth-order valence-corrected chi connectivity index (χ4v) is 3.63.